The minimum Gasteiger partial charge on any atom is -0.377 e. The number of hydrogen-bond donors (Lipinski definition) is 0. The van der Waals surface area contributed by atoms with Crippen LogP contribution in [0.4, 0.5) is 0 Å². The van der Waals surface area contributed by atoms with Gasteiger partial charge in [0.2, 0.25) is 0 Å². The van der Waals surface area contributed by atoms with Crippen molar-refractivity contribution in [3.8, 4) is 0 Å². The van der Waals surface area contributed by atoms with E-state index in [2.05, 4.69) is 294 Å². The molecule has 4 heterocycles. The molecule has 0 aromatic carbocycles. The predicted molar refractivity (Wildman–Crippen MR) is 380 cm³/mol. The zero-order chi connectivity index (χ0) is 56.0. The summed E-state index contributed by atoms with van der Waals surface area (Å²) in [5, 5.41) is 0. The number of nitrogens with zero attached hydrogens (tertiary/aromatic N) is 4. The quantitative estimate of drug-likeness (QED) is 0.224. The third kappa shape index (κ3) is 57.8. The van der Waals surface area contributed by atoms with E-state index in [1.807, 2.05) is 0 Å². The molecule has 76 heavy (non-hydrogen) atoms. The standard InChI is InChI=1S/C13H27N.C11H21N.C9H19N.C7H13N.8C3H8.8CH4/c1-8-9(2)11(4)13(6)14(7)12(5)10(8)3;1-8-6-7-9(2)11(4)12(5)10(8)3;1-6-7(2)9(4)10(5)8(6)3;1-6-4-5-8(3)7(6)2;8*1-3-2;;;;;;;;/h8-13H,1-7H3;6-11H,1-5H3;6-9H,1-5H3;4-7H,1-3H3;8*3H2,1-2H3;8*1H4/t8-,9+,10-,11+,12-,13+;8-,9+,10-,11+;6-,7+,8-,9+;6-,7-;;;;;;;;;;;;;;;;/m...0................/s1. The Morgan fingerprint density at radius 3 is 0.487 bits per heavy atom. The third-order valence-corrected chi connectivity index (χ3v) is 14.5. The van der Waals surface area contributed by atoms with Crippen molar-refractivity contribution in [3.63, 3.8) is 0 Å². The molecule has 0 saturated carbocycles. The van der Waals surface area contributed by atoms with Crippen molar-refractivity contribution >= 4 is 0 Å². The topological polar surface area (TPSA) is 13.0 Å². The van der Waals surface area contributed by atoms with Crippen LogP contribution in [0.1, 0.15) is 332 Å². The molecular formula is C72H176N4. The highest BCUT2D eigenvalue weighted by Gasteiger charge is 2.38. The highest BCUT2D eigenvalue weighted by Crippen LogP contribution is 2.37. The maximum absolute atomic E-state index is 2.56. The van der Waals surface area contributed by atoms with Gasteiger partial charge < -0.3 is 14.7 Å². The zero-order valence-corrected chi connectivity index (χ0v) is 55.0. The van der Waals surface area contributed by atoms with E-state index in [4.69, 9.17) is 0 Å². The Balaban J connectivity index is -0.0000000386. The minimum atomic E-state index is 0. The van der Waals surface area contributed by atoms with E-state index in [9.17, 15) is 0 Å². The van der Waals surface area contributed by atoms with Gasteiger partial charge in [0.1, 0.15) is 0 Å². The summed E-state index contributed by atoms with van der Waals surface area (Å²) in [5.74, 6) is 7.12. The molecule has 4 aliphatic heterocycles. The second-order valence-electron chi connectivity index (χ2n) is 22.0. The van der Waals surface area contributed by atoms with E-state index in [1.165, 1.54) is 51.4 Å². The second kappa shape index (κ2) is 78.4. The van der Waals surface area contributed by atoms with Gasteiger partial charge >= 0.3 is 0 Å². The lowest BCUT2D eigenvalue weighted by Gasteiger charge is -2.33. The van der Waals surface area contributed by atoms with Crippen LogP contribution in [-0.2, 0) is 0 Å². The summed E-state index contributed by atoms with van der Waals surface area (Å²) < 4.78 is 0. The van der Waals surface area contributed by atoms with Gasteiger partial charge in [-0.1, -0.05) is 302 Å². The predicted octanol–water partition coefficient (Wildman–Crippen LogP) is 25.7. The highest BCUT2D eigenvalue weighted by molar-refractivity contribution is 5.01. The zero-order valence-electron chi connectivity index (χ0n) is 55.0. The molecule has 484 valence electrons. The summed E-state index contributed by atoms with van der Waals surface area (Å²) in [6.07, 6.45) is 19.1. The van der Waals surface area contributed by atoms with Crippen molar-refractivity contribution < 1.29 is 0 Å². The Bertz CT molecular complexity index is 823. The molecule has 4 nitrogen and oxygen atoms in total. The van der Waals surface area contributed by atoms with Crippen molar-refractivity contribution in [2.24, 2.45) is 53.3 Å². The van der Waals surface area contributed by atoms with Crippen molar-refractivity contribution in [3.05, 3.63) is 24.4 Å². The fourth-order valence-corrected chi connectivity index (χ4v) is 7.66. The van der Waals surface area contributed by atoms with Crippen molar-refractivity contribution in [2.75, 3.05) is 28.2 Å². The van der Waals surface area contributed by atoms with Gasteiger partial charge in [0, 0.05) is 49.3 Å². The Morgan fingerprint density at radius 2 is 0.368 bits per heavy atom. The smallest absolute Gasteiger partial charge is 0.0313 e. The maximum atomic E-state index is 2.56. The van der Waals surface area contributed by atoms with Gasteiger partial charge in [-0.3, -0.25) is 4.90 Å². The fraction of sp³-hybridized carbons (Fsp3) is 0.944. The molecule has 0 bridgehead atoms. The van der Waals surface area contributed by atoms with Crippen LogP contribution < -0.4 is 0 Å². The molecule has 0 unspecified atom stereocenters. The van der Waals surface area contributed by atoms with Crippen molar-refractivity contribution in [2.45, 2.75) is 375 Å². The lowest BCUT2D eigenvalue weighted by atomic mass is 9.77. The molecule has 0 N–H and O–H groups in total. The van der Waals surface area contributed by atoms with Crippen LogP contribution >= 0.6 is 0 Å². The first kappa shape index (κ1) is 118. The molecule has 0 aliphatic carbocycles. The Labute approximate surface area is 497 Å². The summed E-state index contributed by atoms with van der Waals surface area (Å²) in [7, 11) is 8.86. The monoisotopic (exact) mass is 1100 g/mol. The van der Waals surface area contributed by atoms with Gasteiger partial charge in [0.15, 0.2) is 0 Å². The van der Waals surface area contributed by atoms with Crippen LogP contribution in [0, 0.1) is 53.3 Å². The summed E-state index contributed by atoms with van der Waals surface area (Å²) in [5.41, 5.74) is 0. The van der Waals surface area contributed by atoms with Gasteiger partial charge in [0.25, 0.3) is 0 Å². The van der Waals surface area contributed by atoms with Crippen LogP contribution in [0.5, 0.6) is 0 Å². The molecule has 4 heteroatoms. The molecule has 16 atom stereocenters. The maximum Gasteiger partial charge on any atom is 0.0313 e. The van der Waals surface area contributed by atoms with E-state index in [0.29, 0.717) is 42.0 Å². The fourth-order valence-electron chi connectivity index (χ4n) is 7.66. The van der Waals surface area contributed by atoms with Crippen LogP contribution in [0.15, 0.2) is 24.4 Å². The van der Waals surface area contributed by atoms with E-state index >= 15 is 0 Å². The van der Waals surface area contributed by atoms with Gasteiger partial charge in [-0.25, -0.2) is 0 Å². The first-order valence-electron chi connectivity index (χ1n) is 29.7. The highest BCUT2D eigenvalue weighted by atomic mass is 15.2. The first-order chi connectivity index (χ1) is 31.5. The van der Waals surface area contributed by atoms with E-state index in [1.54, 1.807) is 0 Å². The number of rotatable bonds is 0. The van der Waals surface area contributed by atoms with Crippen LogP contribution in [0.25, 0.3) is 0 Å². The molecule has 0 amide bonds. The average molecular weight is 1100 g/mol. The normalized spacial score (nSPS) is 28.9. The molecule has 0 aromatic rings. The number of hydrogen-bond acceptors (Lipinski definition) is 4. The Hall–Kier alpha value is -0.840. The largest absolute Gasteiger partial charge is 0.377 e. The van der Waals surface area contributed by atoms with E-state index < -0.39 is 0 Å². The Kier molecular flexibility index (Phi) is 122. The van der Waals surface area contributed by atoms with Crippen LogP contribution in [-0.4, -0.2) is 90.1 Å². The molecule has 0 radical (unpaired) electrons. The lowest BCUT2D eigenvalue weighted by Crippen LogP contribution is -2.41. The summed E-state index contributed by atoms with van der Waals surface area (Å²) >= 11 is 0. The summed E-state index contributed by atoms with van der Waals surface area (Å²) in [6, 6.07) is 5.01. The molecule has 4 aliphatic rings. The Morgan fingerprint density at radius 1 is 0.224 bits per heavy atom. The second-order valence-corrected chi connectivity index (χ2v) is 22.0. The molecule has 4 rings (SSSR count). The van der Waals surface area contributed by atoms with Crippen LogP contribution in [0.2, 0.25) is 0 Å². The molecule has 0 spiro atoms. The molecular weight excluding hydrogens is 921 g/mol. The third-order valence-electron chi connectivity index (χ3n) is 14.5. The lowest BCUT2D eigenvalue weighted by molar-refractivity contribution is 0.138. The van der Waals surface area contributed by atoms with Gasteiger partial charge in [-0.2, -0.15) is 0 Å². The van der Waals surface area contributed by atoms with Crippen LogP contribution in [0.3, 0.4) is 0 Å². The van der Waals surface area contributed by atoms with E-state index in [0.717, 1.165) is 53.5 Å². The first-order valence-corrected chi connectivity index (χ1v) is 29.7. The van der Waals surface area contributed by atoms with Crippen molar-refractivity contribution in [1.82, 2.24) is 19.6 Å². The minimum absolute atomic E-state index is 0. The van der Waals surface area contributed by atoms with Gasteiger partial charge in [-0.05, 0) is 129 Å². The van der Waals surface area contributed by atoms with Gasteiger partial charge in [-0.15, -0.1) is 0 Å². The van der Waals surface area contributed by atoms with Gasteiger partial charge in [0.05, 0.1) is 0 Å². The molecule has 2 fully saturated rings. The summed E-state index contributed by atoms with van der Waals surface area (Å²) in [4.78, 5) is 9.77. The number of likely N-dealkylation sites (tertiary alicyclic amines) is 2. The summed E-state index contributed by atoms with van der Waals surface area (Å²) in [6.45, 7) is 71.5. The molecule has 0 aromatic heterocycles. The van der Waals surface area contributed by atoms with E-state index in [-0.39, 0.29) is 59.4 Å². The average Bonchev–Trinajstić information content (AvgIpc) is 3.63. The van der Waals surface area contributed by atoms with Crippen molar-refractivity contribution in [1.29, 1.82) is 0 Å². The molecule has 2 saturated heterocycles. The SMILES string of the molecule is C.C.C.C.C.C.C.C.CCC.CCC.CCC.CCC.CCC.CCC.CCC.CCC.C[C@@H]1C=C[C@H](C)[C@H](C)N(C)[C@@H]1C.C[C@@H]1[C@H](C)[C@H](C)N(C)[C@@H]1C.C[C@@H]1[C@H](C)[C@H](C)[C@H](C)N(C)[C@H](C)[C@@H]1C.C[C@H]1C=CN(C)[C@H]1C.